The molecule has 0 fully saturated rings. The highest BCUT2D eigenvalue weighted by Crippen LogP contribution is 2.29. The van der Waals surface area contributed by atoms with Gasteiger partial charge in [0.05, 0.1) is 11.6 Å². The Kier molecular flexibility index (Phi) is 4.77. The van der Waals surface area contributed by atoms with Crippen LogP contribution in [-0.4, -0.2) is 17.6 Å². The molecule has 0 bridgehead atoms. The maximum Gasteiger partial charge on any atom is 0.358 e. The van der Waals surface area contributed by atoms with E-state index < -0.39 is 12.4 Å². The van der Waals surface area contributed by atoms with E-state index in [9.17, 15) is 13.6 Å². The number of carbonyl (C=O) groups excluding carboxylic acids is 1. The molecule has 0 saturated heterocycles. The van der Waals surface area contributed by atoms with Gasteiger partial charge in [-0.3, -0.25) is 0 Å². The van der Waals surface area contributed by atoms with Gasteiger partial charge in [0.25, 0.3) is 6.43 Å². The number of ether oxygens (including phenoxy) is 1. The summed E-state index contributed by atoms with van der Waals surface area (Å²) in [6.07, 6.45) is -1.85. The van der Waals surface area contributed by atoms with E-state index in [0.29, 0.717) is 0 Å². The first-order chi connectivity index (χ1) is 8.02. The van der Waals surface area contributed by atoms with Crippen LogP contribution in [0.15, 0.2) is 6.20 Å². The van der Waals surface area contributed by atoms with Gasteiger partial charge in [-0.1, -0.05) is 11.6 Å². The van der Waals surface area contributed by atoms with Gasteiger partial charge in [0.15, 0.2) is 5.69 Å². The molecule has 0 saturated carbocycles. The highest BCUT2D eigenvalue weighted by molar-refractivity contribution is 6.34. The lowest BCUT2D eigenvalue weighted by Crippen LogP contribution is -2.12. The molecule has 0 aliphatic heterocycles. The lowest BCUT2D eigenvalue weighted by molar-refractivity contribution is 0.0519. The van der Waals surface area contributed by atoms with E-state index in [4.69, 9.17) is 22.1 Å². The summed E-state index contributed by atoms with van der Waals surface area (Å²) in [5.41, 5.74) is 4.78. The number of nitrogens with zero attached hydrogens (tertiary/aromatic N) is 1. The van der Waals surface area contributed by atoms with Gasteiger partial charge in [-0.2, -0.15) is 0 Å². The van der Waals surface area contributed by atoms with Crippen molar-refractivity contribution in [2.75, 3.05) is 6.61 Å². The molecule has 0 amide bonds. The highest BCUT2D eigenvalue weighted by Gasteiger charge is 2.22. The van der Waals surface area contributed by atoms with Gasteiger partial charge in [-0.25, -0.2) is 18.6 Å². The van der Waals surface area contributed by atoms with E-state index >= 15 is 0 Å². The van der Waals surface area contributed by atoms with E-state index in [1.165, 1.54) is 0 Å². The predicted molar refractivity (Wildman–Crippen MR) is 58.1 cm³/mol. The quantitative estimate of drug-likeness (QED) is 0.848. The van der Waals surface area contributed by atoms with Crippen molar-refractivity contribution in [3.05, 3.63) is 28.0 Å². The molecular formula is C10H11ClF2N2O2. The van der Waals surface area contributed by atoms with Crippen LogP contribution in [0.2, 0.25) is 5.02 Å². The first kappa shape index (κ1) is 13.8. The molecule has 1 rings (SSSR count). The van der Waals surface area contributed by atoms with Crippen LogP contribution in [-0.2, 0) is 11.3 Å². The van der Waals surface area contributed by atoms with Gasteiger partial charge < -0.3 is 10.5 Å². The molecule has 0 radical (unpaired) electrons. The molecule has 4 nitrogen and oxygen atoms in total. The minimum Gasteiger partial charge on any atom is -0.461 e. The summed E-state index contributed by atoms with van der Waals surface area (Å²) < 4.78 is 29.9. The minimum absolute atomic E-state index is 0.0136. The number of alkyl halides is 2. The fourth-order valence-corrected chi connectivity index (χ4v) is 1.59. The van der Waals surface area contributed by atoms with Gasteiger partial charge in [-0.05, 0) is 12.5 Å². The second-order valence-corrected chi connectivity index (χ2v) is 3.46. The first-order valence-corrected chi connectivity index (χ1v) is 5.23. The van der Waals surface area contributed by atoms with Crippen molar-refractivity contribution >= 4 is 17.6 Å². The molecule has 1 aromatic rings. The van der Waals surface area contributed by atoms with Crippen molar-refractivity contribution in [1.29, 1.82) is 0 Å². The summed E-state index contributed by atoms with van der Waals surface area (Å²) in [5.74, 6) is -0.756. The van der Waals surface area contributed by atoms with Crippen molar-refractivity contribution in [3.8, 4) is 0 Å². The number of halogens is 3. The Morgan fingerprint density at radius 2 is 2.29 bits per heavy atom. The zero-order valence-electron chi connectivity index (χ0n) is 9.04. The molecule has 0 aliphatic carbocycles. The molecule has 0 aliphatic rings. The van der Waals surface area contributed by atoms with Crippen LogP contribution in [0.5, 0.6) is 0 Å². The number of nitrogens with two attached hydrogens (primary N) is 1. The Morgan fingerprint density at radius 3 is 2.76 bits per heavy atom. The van der Waals surface area contributed by atoms with E-state index in [1.807, 2.05) is 0 Å². The van der Waals surface area contributed by atoms with Crippen molar-refractivity contribution in [1.82, 2.24) is 4.98 Å². The summed E-state index contributed by atoms with van der Waals surface area (Å²) >= 11 is 5.81. The Morgan fingerprint density at radius 1 is 1.65 bits per heavy atom. The van der Waals surface area contributed by atoms with E-state index in [1.54, 1.807) is 6.92 Å². The Balaban J connectivity index is 3.24. The Hall–Kier alpha value is -1.27. The maximum atomic E-state index is 12.6. The maximum absolute atomic E-state index is 12.6. The lowest BCUT2D eigenvalue weighted by Gasteiger charge is -2.11. The number of pyridine rings is 1. The van der Waals surface area contributed by atoms with Crippen molar-refractivity contribution in [3.63, 3.8) is 0 Å². The van der Waals surface area contributed by atoms with Gasteiger partial charge in [0, 0.05) is 18.3 Å². The normalized spacial score (nSPS) is 10.7. The molecular weight excluding hydrogens is 254 g/mol. The third kappa shape index (κ3) is 2.89. The van der Waals surface area contributed by atoms with E-state index in [0.717, 1.165) is 6.20 Å². The van der Waals surface area contributed by atoms with Crippen molar-refractivity contribution in [2.24, 2.45) is 5.73 Å². The van der Waals surface area contributed by atoms with Gasteiger partial charge in [0.2, 0.25) is 0 Å². The number of hydrogen-bond donors (Lipinski definition) is 1. The summed E-state index contributed by atoms with van der Waals surface area (Å²) in [7, 11) is 0. The van der Waals surface area contributed by atoms with Crippen LogP contribution in [0.3, 0.4) is 0 Å². The van der Waals surface area contributed by atoms with Crippen LogP contribution in [0.1, 0.15) is 35.0 Å². The van der Waals surface area contributed by atoms with Crippen molar-refractivity contribution in [2.45, 2.75) is 19.9 Å². The summed E-state index contributed by atoms with van der Waals surface area (Å²) in [6, 6.07) is 0. The van der Waals surface area contributed by atoms with Gasteiger partial charge >= 0.3 is 5.97 Å². The highest BCUT2D eigenvalue weighted by atomic mass is 35.5. The Labute approximate surface area is 102 Å². The van der Waals surface area contributed by atoms with Gasteiger partial charge in [0.1, 0.15) is 0 Å². The molecule has 7 heteroatoms. The second-order valence-electron chi connectivity index (χ2n) is 3.08. The molecule has 0 unspecified atom stereocenters. The lowest BCUT2D eigenvalue weighted by atomic mass is 10.1. The summed E-state index contributed by atoms with van der Waals surface area (Å²) in [4.78, 5) is 15.0. The third-order valence-corrected chi connectivity index (χ3v) is 2.47. The fraction of sp³-hybridized carbons (Fsp3) is 0.400. The molecule has 94 valence electrons. The Bertz CT molecular complexity index is 427. The predicted octanol–water partition coefficient (Wildman–Crippen LogP) is 2.31. The minimum atomic E-state index is -2.74. The molecule has 0 atom stereocenters. The topological polar surface area (TPSA) is 65.2 Å². The number of carbonyl (C=O) groups is 1. The summed E-state index contributed by atoms with van der Waals surface area (Å²) in [5, 5.41) is -0.177. The molecule has 0 spiro atoms. The number of esters is 1. The number of rotatable bonds is 4. The van der Waals surface area contributed by atoms with Crippen LogP contribution in [0, 0.1) is 0 Å². The molecule has 0 aromatic carbocycles. The smallest absolute Gasteiger partial charge is 0.358 e. The van der Waals surface area contributed by atoms with Gasteiger partial charge in [-0.15, -0.1) is 0 Å². The molecule has 1 aromatic heterocycles. The van der Waals surface area contributed by atoms with Crippen molar-refractivity contribution < 1.29 is 18.3 Å². The van der Waals surface area contributed by atoms with E-state index in [-0.39, 0.29) is 35.0 Å². The standard InChI is InChI=1S/C10H11ClF2N2O2/c1-2-17-10(16)8-7(11)5(3-14)6(4-15-8)9(12)13/h4,9H,2-3,14H2,1H3. The summed E-state index contributed by atoms with van der Waals surface area (Å²) in [6.45, 7) is 1.56. The van der Waals surface area contributed by atoms with E-state index in [2.05, 4.69) is 4.98 Å². The van der Waals surface area contributed by atoms with Crippen LogP contribution >= 0.6 is 11.6 Å². The zero-order chi connectivity index (χ0) is 13.0. The monoisotopic (exact) mass is 264 g/mol. The third-order valence-electron chi connectivity index (χ3n) is 2.06. The molecule has 17 heavy (non-hydrogen) atoms. The van der Waals surface area contributed by atoms with Crippen LogP contribution in [0.25, 0.3) is 0 Å². The van der Waals surface area contributed by atoms with Crippen LogP contribution in [0.4, 0.5) is 8.78 Å². The number of aromatic nitrogens is 1. The molecule has 2 N–H and O–H groups in total. The largest absolute Gasteiger partial charge is 0.461 e. The number of hydrogen-bond acceptors (Lipinski definition) is 4. The average Bonchev–Trinajstić information content (AvgIpc) is 2.28. The average molecular weight is 265 g/mol. The first-order valence-electron chi connectivity index (χ1n) is 4.85. The SMILES string of the molecule is CCOC(=O)c1ncc(C(F)F)c(CN)c1Cl. The molecule has 1 heterocycles. The zero-order valence-corrected chi connectivity index (χ0v) is 9.80. The van der Waals surface area contributed by atoms with Crippen LogP contribution < -0.4 is 5.73 Å². The second kappa shape index (κ2) is 5.88. The fourth-order valence-electron chi connectivity index (χ4n) is 1.28.